The number of amides is 2. The number of hydrogen-bond donors (Lipinski definition) is 1. The Morgan fingerprint density at radius 2 is 2.05 bits per heavy atom. The van der Waals surface area contributed by atoms with E-state index in [0.29, 0.717) is 29.5 Å². The van der Waals surface area contributed by atoms with Crippen molar-refractivity contribution in [3.8, 4) is 0 Å². The maximum atomic E-state index is 12.7. The van der Waals surface area contributed by atoms with E-state index in [4.69, 9.17) is 0 Å². The van der Waals surface area contributed by atoms with Crippen LogP contribution in [0, 0.1) is 0 Å². The molecular weight excluding hydrogens is 337 g/mol. The van der Waals surface area contributed by atoms with E-state index in [1.54, 1.807) is 0 Å². The van der Waals surface area contributed by atoms with Gasteiger partial charge in [-0.25, -0.2) is 4.79 Å². The van der Waals surface area contributed by atoms with Crippen molar-refractivity contribution in [2.45, 2.75) is 19.5 Å². The first-order valence-electron chi connectivity index (χ1n) is 6.11. The van der Waals surface area contributed by atoms with Gasteiger partial charge in [-0.1, -0.05) is 15.9 Å². The number of nitrogens with zero attached hydrogens (tertiary/aromatic N) is 1. The molecule has 0 spiro atoms. The molecule has 0 saturated heterocycles. The number of hydrogen-bond acceptors (Lipinski definition) is 1. The number of alkyl halides is 3. The molecule has 7 heteroatoms. The van der Waals surface area contributed by atoms with Crippen LogP contribution >= 0.6 is 15.9 Å². The number of carbonyl (C=O) groups excluding carboxylic acids is 1. The van der Waals surface area contributed by atoms with Crippen molar-refractivity contribution >= 4 is 22.0 Å². The van der Waals surface area contributed by atoms with E-state index in [9.17, 15) is 18.0 Å². The smallest absolute Gasteiger partial charge is 0.341 e. The Morgan fingerprint density at radius 3 is 2.55 bits per heavy atom. The highest BCUT2D eigenvalue weighted by Crippen LogP contribution is 2.32. The summed E-state index contributed by atoms with van der Waals surface area (Å²) in [5, 5.41) is 2.50. The van der Waals surface area contributed by atoms with Gasteiger partial charge >= 0.3 is 12.2 Å². The fraction of sp³-hybridized carbons (Fsp3) is 0.462. The van der Waals surface area contributed by atoms with E-state index in [2.05, 4.69) is 21.2 Å². The lowest BCUT2D eigenvalue weighted by Crippen LogP contribution is -2.39. The third kappa shape index (κ3) is 4.40. The second-order valence-corrected chi connectivity index (χ2v) is 5.04. The van der Waals surface area contributed by atoms with E-state index in [1.807, 2.05) is 6.92 Å². The molecule has 2 amide bonds. The van der Waals surface area contributed by atoms with Crippen molar-refractivity contribution in [2.75, 3.05) is 20.1 Å². The number of nitrogens with one attached hydrogen (secondary N) is 1. The second kappa shape index (κ2) is 6.97. The van der Waals surface area contributed by atoms with E-state index in [0.717, 1.165) is 12.1 Å². The van der Waals surface area contributed by atoms with Crippen molar-refractivity contribution < 1.29 is 18.0 Å². The van der Waals surface area contributed by atoms with Crippen molar-refractivity contribution in [2.24, 2.45) is 0 Å². The molecule has 0 unspecified atom stereocenters. The van der Waals surface area contributed by atoms with Crippen LogP contribution in [0.1, 0.15) is 18.1 Å². The normalized spacial score (nSPS) is 11.3. The van der Waals surface area contributed by atoms with E-state index >= 15 is 0 Å². The van der Waals surface area contributed by atoms with E-state index < -0.39 is 11.7 Å². The molecule has 0 aliphatic carbocycles. The Hall–Kier alpha value is -1.24. The topological polar surface area (TPSA) is 32.3 Å². The minimum absolute atomic E-state index is 0.240. The molecule has 0 aromatic heterocycles. The molecule has 3 nitrogen and oxygen atoms in total. The number of rotatable bonds is 4. The number of carbonyl (C=O) groups is 1. The molecule has 20 heavy (non-hydrogen) atoms. The van der Waals surface area contributed by atoms with Gasteiger partial charge in [0.2, 0.25) is 0 Å². The van der Waals surface area contributed by atoms with Crippen LogP contribution in [0.25, 0.3) is 0 Å². The largest absolute Gasteiger partial charge is 0.416 e. The number of urea groups is 1. The van der Waals surface area contributed by atoms with Crippen LogP contribution in [0.3, 0.4) is 0 Å². The quantitative estimate of drug-likeness (QED) is 0.880. The van der Waals surface area contributed by atoms with Gasteiger partial charge in [0.05, 0.1) is 5.56 Å². The van der Waals surface area contributed by atoms with Gasteiger partial charge in [0.15, 0.2) is 0 Å². The van der Waals surface area contributed by atoms with E-state index in [1.165, 1.54) is 18.0 Å². The van der Waals surface area contributed by atoms with Crippen molar-refractivity contribution in [1.29, 1.82) is 0 Å². The summed E-state index contributed by atoms with van der Waals surface area (Å²) in [5.74, 6) is 0. The van der Waals surface area contributed by atoms with Crippen LogP contribution in [0.2, 0.25) is 0 Å². The monoisotopic (exact) mass is 352 g/mol. The Kier molecular flexibility index (Phi) is 5.86. The van der Waals surface area contributed by atoms with Crippen molar-refractivity contribution in [1.82, 2.24) is 10.2 Å². The zero-order valence-electron chi connectivity index (χ0n) is 11.2. The lowest BCUT2D eigenvalue weighted by Gasteiger charge is -2.20. The predicted molar refractivity (Wildman–Crippen MR) is 74.6 cm³/mol. The number of halogens is 4. The Balaban J connectivity index is 2.84. The van der Waals surface area contributed by atoms with Gasteiger partial charge in [-0.05, 0) is 37.1 Å². The molecular formula is C13H16BrF3N2O. The molecule has 0 heterocycles. The van der Waals surface area contributed by atoms with Crippen LogP contribution < -0.4 is 5.32 Å². The molecule has 112 valence electrons. The SMILES string of the molecule is CCN(CCc1cc(C(F)(F)F)ccc1Br)C(=O)NC. The van der Waals surface area contributed by atoms with Gasteiger partial charge in [-0.3, -0.25) is 0 Å². The van der Waals surface area contributed by atoms with E-state index in [-0.39, 0.29) is 6.03 Å². The van der Waals surface area contributed by atoms with Gasteiger partial charge in [0.1, 0.15) is 0 Å². The maximum Gasteiger partial charge on any atom is 0.416 e. The van der Waals surface area contributed by atoms with Gasteiger partial charge in [-0.15, -0.1) is 0 Å². The molecule has 0 radical (unpaired) electrons. The van der Waals surface area contributed by atoms with Crippen molar-refractivity contribution in [3.05, 3.63) is 33.8 Å². The molecule has 1 aromatic rings. The Labute approximate surface area is 124 Å². The zero-order chi connectivity index (χ0) is 15.3. The standard InChI is InChI=1S/C13H16BrF3N2O/c1-3-19(12(20)18-2)7-6-9-8-10(13(15,16)17)4-5-11(9)14/h4-5,8H,3,6-7H2,1-2H3,(H,18,20). The van der Waals surface area contributed by atoms with Gasteiger partial charge < -0.3 is 10.2 Å². The highest BCUT2D eigenvalue weighted by molar-refractivity contribution is 9.10. The lowest BCUT2D eigenvalue weighted by atomic mass is 10.1. The first-order chi connectivity index (χ1) is 9.29. The van der Waals surface area contributed by atoms with Gasteiger partial charge in [0, 0.05) is 24.6 Å². The molecule has 0 fully saturated rings. The highest BCUT2D eigenvalue weighted by Gasteiger charge is 2.30. The minimum atomic E-state index is -4.36. The third-order valence-electron chi connectivity index (χ3n) is 2.91. The summed E-state index contributed by atoms with van der Waals surface area (Å²) in [6.07, 6.45) is -4.01. The summed E-state index contributed by atoms with van der Waals surface area (Å²) >= 11 is 3.24. The molecule has 0 aliphatic heterocycles. The predicted octanol–water partition coefficient (Wildman–Crippen LogP) is 3.67. The Morgan fingerprint density at radius 1 is 1.40 bits per heavy atom. The minimum Gasteiger partial charge on any atom is -0.341 e. The second-order valence-electron chi connectivity index (χ2n) is 4.19. The average molecular weight is 353 g/mol. The van der Waals surface area contributed by atoms with Crippen LogP contribution in [-0.2, 0) is 12.6 Å². The first-order valence-corrected chi connectivity index (χ1v) is 6.91. The van der Waals surface area contributed by atoms with Crippen LogP contribution in [0.5, 0.6) is 0 Å². The zero-order valence-corrected chi connectivity index (χ0v) is 12.8. The molecule has 0 aliphatic rings. The summed E-state index contributed by atoms with van der Waals surface area (Å²) in [6, 6.07) is 3.29. The third-order valence-corrected chi connectivity index (χ3v) is 3.68. The van der Waals surface area contributed by atoms with Crippen LogP contribution in [-0.4, -0.2) is 31.1 Å². The van der Waals surface area contributed by atoms with Crippen LogP contribution in [0.15, 0.2) is 22.7 Å². The molecule has 0 atom stereocenters. The van der Waals surface area contributed by atoms with Crippen LogP contribution in [0.4, 0.5) is 18.0 Å². The fourth-order valence-electron chi connectivity index (χ4n) is 1.76. The molecule has 1 rings (SSSR count). The van der Waals surface area contributed by atoms with Crippen molar-refractivity contribution in [3.63, 3.8) is 0 Å². The number of benzene rings is 1. The summed E-state index contributed by atoms with van der Waals surface area (Å²) < 4.78 is 38.6. The maximum absolute atomic E-state index is 12.7. The Bertz CT molecular complexity index is 477. The average Bonchev–Trinajstić information content (AvgIpc) is 2.39. The molecule has 0 saturated carbocycles. The van der Waals surface area contributed by atoms with Gasteiger partial charge in [0.25, 0.3) is 0 Å². The summed E-state index contributed by atoms with van der Waals surface area (Å²) in [5.41, 5.74) is -0.152. The molecule has 0 bridgehead atoms. The summed E-state index contributed by atoms with van der Waals surface area (Å²) in [6.45, 7) is 2.67. The summed E-state index contributed by atoms with van der Waals surface area (Å²) in [7, 11) is 1.52. The molecule has 1 N–H and O–H groups in total. The number of likely N-dealkylation sites (N-methyl/N-ethyl adjacent to an activating group) is 1. The molecule has 1 aromatic carbocycles. The first kappa shape index (κ1) is 16.8. The fourth-order valence-corrected chi connectivity index (χ4v) is 2.20. The lowest BCUT2D eigenvalue weighted by molar-refractivity contribution is -0.137. The van der Waals surface area contributed by atoms with Gasteiger partial charge in [-0.2, -0.15) is 13.2 Å². The summed E-state index contributed by atoms with van der Waals surface area (Å²) in [4.78, 5) is 13.0. The highest BCUT2D eigenvalue weighted by atomic mass is 79.9.